The van der Waals surface area contributed by atoms with Gasteiger partial charge in [-0.3, -0.25) is 4.79 Å². The lowest BCUT2D eigenvalue weighted by Crippen LogP contribution is -1.88. The highest BCUT2D eigenvalue weighted by molar-refractivity contribution is 6.30. The Morgan fingerprint density at radius 3 is 2.38 bits per heavy atom. The van der Waals surface area contributed by atoms with Crippen molar-refractivity contribution >= 4 is 23.1 Å². The molecule has 0 bridgehead atoms. The van der Waals surface area contributed by atoms with E-state index < -0.39 is 0 Å². The average molecular weight is 197 g/mol. The van der Waals surface area contributed by atoms with Gasteiger partial charge in [0.1, 0.15) is 5.76 Å². The lowest BCUT2D eigenvalue weighted by atomic mass is 10.1. The van der Waals surface area contributed by atoms with E-state index in [9.17, 15) is 9.90 Å². The minimum absolute atomic E-state index is 0.0378. The molecule has 3 heteroatoms. The van der Waals surface area contributed by atoms with Crippen LogP contribution in [0.4, 0.5) is 0 Å². The molecule has 0 unspecified atom stereocenters. The number of benzene rings is 1. The Bertz CT molecular complexity index is 338. The molecule has 68 valence electrons. The number of carbonyl (C=O) groups is 1. The predicted octanol–water partition coefficient (Wildman–Crippen LogP) is 2.83. The van der Waals surface area contributed by atoms with Crippen LogP contribution in [0, 0.1) is 0 Å². The molecule has 0 aliphatic rings. The minimum atomic E-state index is -0.188. The molecule has 0 saturated heterocycles. The van der Waals surface area contributed by atoms with Gasteiger partial charge >= 0.3 is 0 Å². The molecular formula is C10H9ClO2. The number of hydrogen-bond acceptors (Lipinski definition) is 2. The largest absolute Gasteiger partial charge is 0.507 e. The molecule has 0 amide bonds. The maximum Gasteiger partial charge on any atom is 0.156 e. The molecule has 0 heterocycles. The molecule has 0 atom stereocenters. The van der Waals surface area contributed by atoms with Gasteiger partial charge in [0.2, 0.25) is 0 Å². The summed E-state index contributed by atoms with van der Waals surface area (Å²) in [7, 11) is 0. The van der Waals surface area contributed by atoms with Crippen molar-refractivity contribution in [3.05, 3.63) is 40.9 Å². The van der Waals surface area contributed by atoms with Crippen LogP contribution in [0.25, 0.3) is 5.76 Å². The molecule has 0 saturated carbocycles. The highest BCUT2D eigenvalue weighted by atomic mass is 35.5. The van der Waals surface area contributed by atoms with E-state index in [-0.39, 0.29) is 11.5 Å². The normalized spacial score (nSPS) is 11.4. The van der Waals surface area contributed by atoms with E-state index in [0.717, 1.165) is 0 Å². The smallest absolute Gasteiger partial charge is 0.156 e. The van der Waals surface area contributed by atoms with Crippen molar-refractivity contribution in [1.82, 2.24) is 0 Å². The standard InChI is InChI=1S/C10H9ClO2/c1-7(12)6-10(13)8-2-4-9(11)5-3-8/h2-6,13H,1H3/b10-6+. The van der Waals surface area contributed by atoms with E-state index in [1.54, 1.807) is 24.3 Å². The van der Waals surface area contributed by atoms with Crippen LogP contribution >= 0.6 is 11.6 Å². The van der Waals surface area contributed by atoms with Crippen molar-refractivity contribution in [3.63, 3.8) is 0 Å². The fourth-order valence-electron chi connectivity index (χ4n) is 0.897. The molecular weight excluding hydrogens is 188 g/mol. The van der Waals surface area contributed by atoms with Crippen LogP contribution in [0.1, 0.15) is 12.5 Å². The monoisotopic (exact) mass is 196 g/mol. The molecule has 0 aliphatic heterocycles. The van der Waals surface area contributed by atoms with Crippen LogP contribution in [0.5, 0.6) is 0 Å². The van der Waals surface area contributed by atoms with Gasteiger partial charge in [-0.25, -0.2) is 0 Å². The number of aliphatic hydroxyl groups excluding tert-OH is 1. The summed E-state index contributed by atoms with van der Waals surface area (Å²) in [5.74, 6) is -0.225. The van der Waals surface area contributed by atoms with Gasteiger partial charge in [0.25, 0.3) is 0 Å². The second-order valence-corrected chi connectivity index (χ2v) is 3.08. The quantitative estimate of drug-likeness (QED) is 0.584. The van der Waals surface area contributed by atoms with Gasteiger partial charge in [-0.05, 0) is 31.2 Å². The fourth-order valence-corrected chi connectivity index (χ4v) is 1.02. The third-order valence-electron chi connectivity index (χ3n) is 1.48. The van der Waals surface area contributed by atoms with Crippen molar-refractivity contribution in [2.24, 2.45) is 0 Å². The lowest BCUT2D eigenvalue weighted by molar-refractivity contribution is -0.112. The van der Waals surface area contributed by atoms with Crippen molar-refractivity contribution < 1.29 is 9.90 Å². The Balaban J connectivity index is 2.96. The van der Waals surface area contributed by atoms with Crippen molar-refractivity contribution in [1.29, 1.82) is 0 Å². The molecule has 0 spiro atoms. The van der Waals surface area contributed by atoms with Crippen LogP contribution in [0.15, 0.2) is 30.3 Å². The van der Waals surface area contributed by atoms with E-state index in [0.29, 0.717) is 10.6 Å². The van der Waals surface area contributed by atoms with Crippen LogP contribution in [-0.2, 0) is 4.79 Å². The summed E-state index contributed by atoms with van der Waals surface area (Å²) < 4.78 is 0. The Morgan fingerprint density at radius 1 is 1.38 bits per heavy atom. The number of ketones is 1. The summed E-state index contributed by atoms with van der Waals surface area (Å²) in [5.41, 5.74) is 0.583. The molecule has 1 rings (SSSR count). The second kappa shape index (κ2) is 4.10. The predicted molar refractivity (Wildman–Crippen MR) is 52.7 cm³/mol. The first-order valence-corrected chi connectivity index (χ1v) is 4.14. The van der Waals surface area contributed by atoms with Gasteiger partial charge in [-0.2, -0.15) is 0 Å². The van der Waals surface area contributed by atoms with Crippen LogP contribution in [-0.4, -0.2) is 10.9 Å². The molecule has 1 aromatic carbocycles. The lowest BCUT2D eigenvalue weighted by Gasteiger charge is -1.98. The highest BCUT2D eigenvalue weighted by Gasteiger charge is 1.99. The second-order valence-electron chi connectivity index (χ2n) is 2.65. The molecule has 2 nitrogen and oxygen atoms in total. The number of carbonyl (C=O) groups excluding carboxylic acids is 1. The minimum Gasteiger partial charge on any atom is -0.507 e. The van der Waals surface area contributed by atoms with Gasteiger partial charge in [0, 0.05) is 16.7 Å². The van der Waals surface area contributed by atoms with Crippen LogP contribution in [0.2, 0.25) is 5.02 Å². The van der Waals surface area contributed by atoms with Crippen LogP contribution < -0.4 is 0 Å². The number of hydrogen-bond donors (Lipinski definition) is 1. The van der Waals surface area contributed by atoms with Crippen molar-refractivity contribution in [2.75, 3.05) is 0 Å². The van der Waals surface area contributed by atoms with E-state index in [1.807, 2.05) is 0 Å². The molecule has 1 aromatic rings. The Morgan fingerprint density at radius 2 is 1.92 bits per heavy atom. The maximum absolute atomic E-state index is 10.6. The van der Waals surface area contributed by atoms with Gasteiger partial charge in [-0.1, -0.05) is 11.6 Å². The van der Waals surface area contributed by atoms with Crippen LogP contribution in [0.3, 0.4) is 0 Å². The average Bonchev–Trinajstić information content (AvgIpc) is 2.04. The topological polar surface area (TPSA) is 37.3 Å². The van der Waals surface area contributed by atoms with E-state index >= 15 is 0 Å². The van der Waals surface area contributed by atoms with Crippen molar-refractivity contribution in [2.45, 2.75) is 6.92 Å². The zero-order valence-corrected chi connectivity index (χ0v) is 7.88. The SMILES string of the molecule is CC(=O)/C=C(/O)c1ccc(Cl)cc1. The van der Waals surface area contributed by atoms with E-state index in [1.165, 1.54) is 13.0 Å². The zero-order chi connectivity index (χ0) is 9.84. The molecule has 1 N–H and O–H groups in total. The zero-order valence-electron chi connectivity index (χ0n) is 7.12. The molecule has 0 fully saturated rings. The molecule has 0 aliphatic carbocycles. The third-order valence-corrected chi connectivity index (χ3v) is 1.73. The third kappa shape index (κ3) is 2.92. The van der Waals surface area contributed by atoms with Gasteiger partial charge in [0.05, 0.1) is 0 Å². The Kier molecular flexibility index (Phi) is 3.09. The number of allylic oxidation sites excluding steroid dienone is 1. The summed E-state index contributed by atoms with van der Waals surface area (Å²) in [5, 5.41) is 9.98. The van der Waals surface area contributed by atoms with Gasteiger partial charge in [-0.15, -0.1) is 0 Å². The van der Waals surface area contributed by atoms with Gasteiger partial charge < -0.3 is 5.11 Å². The number of rotatable bonds is 2. The first-order valence-electron chi connectivity index (χ1n) is 3.77. The summed E-state index contributed by atoms with van der Waals surface area (Å²) in [4.78, 5) is 10.6. The first-order chi connectivity index (χ1) is 6.09. The molecule has 0 radical (unpaired) electrons. The molecule has 13 heavy (non-hydrogen) atoms. The van der Waals surface area contributed by atoms with E-state index in [2.05, 4.69) is 0 Å². The Labute approximate surface area is 81.5 Å². The molecule has 0 aromatic heterocycles. The van der Waals surface area contributed by atoms with E-state index in [4.69, 9.17) is 11.6 Å². The fraction of sp³-hybridized carbons (Fsp3) is 0.100. The summed E-state index contributed by atoms with van der Waals surface area (Å²) in [6, 6.07) is 6.61. The first kappa shape index (κ1) is 9.81. The number of halogens is 1. The summed E-state index contributed by atoms with van der Waals surface area (Å²) in [6.45, 7) is 1.38. The summed E-state index contributed by atoms with van der Waals surface area (Å²) >= 11 is 5.65. The Hall–Kier alpha value is -1.28. The van der Waals surface area contributed by atoms with Crippen molar-refractivity contribution in [3.8, 4) is 0 Å². The summed E-state index contributed by atoms with van der Waals surface area (Å²) in [6.07, 6.45) is 1.17. The maximum atomic E-state index is 10.6. The number of aliphatic hydroxyl groups is 1. The van der Waals surface area contributed by atoms with Gasteiger partial charge in [0.15, 0.2) is 5.78 Å². The highest BCUT2D eigenvalue weighted by Crippen LogP contribution is 2.15.